The van der Waals surface area contributed by atoms with E-state index in [1.165, 1.54) is 30.8 Å². The smallest absolute Gasteiger partial charge is 0.417 e. The minimum absolute atomic E-state index is 0.000635. The summed E-state index contributed by atoms with van der Waals surface area (Å²) >= 11 is 0.825. The van der Waals surface area contributed by atoms with E-state index in [4.69, 9.17) is 4.74 Å². The molecule has 1 amide bonds. The molecule has 0 aromatic carbocycles. The summed E-state index contributed by atoms with van der Waals surface area (Å²) in [5, 5.41) is 3.77. The van der Waals surface area contributed by atoms with Gasteiger partial charge in [0.15, 0.2) is 5.82 Å². The highest BCUT2D eigenvalue weighted by Crippen LogP contribution is 2.40. The number of amides is 1. The molecule has 6 nitrogen and oxygen atoms in total. The van der Waals surface area contributed by atoms with Crippen LogP contribution in [0.3, 0.4) is 0 Å². The van der Waals surface area contributed by atoms with Gasteiger partial charge in [-0.15, -0.1) is 11.3 Å². The molecule has 1 aliphatic rings. The number of carbonyl (C=O) groups is 1. The molecule has 0 spiro atoms. The Morgan fingerprint density at radius 2 is 2.14 bits per heavy atom. The number of thiophene rings is 1. The summed E-state index contributed by atoms with van der Waals surface area (Å²) in [6.07, 6.45) is -3.65. The molecular formula is C18H14F4N4O2S. The van der Waals surface area contributed by atoms with E-state index in [9.17, 15) is 22.4 Å². The summed E-state index contributed by atoms with van der Waals surface area (Å²) in [6, 6.07) is 3.60. The lowest BCUT2D eigenvalue weighted by molar-refractivity contribution is -0.136. The van der Waals surface area contributed by atoms with E-state index in [1.54, 1.807) is 4.90 Å². The van der Waals surface area contributed by atoms with E-state index in [1.807, 2.05) is 0 Å². The maximum atomic E-state index is 13.6. The number of ether oxygens (including phenoxy) is 1. The van der Waals surface area contributed by atoms with Crippen LogP contribution < -0.4 is 15.0 Å². The maximum absolute atomic E-state index is 13.6. The minimum atomic E-state index is -4.60. The fourth-order valence-corrected chi connectivity index (χ4v) is 4.00. The first-order valence-electron chi connectivity index (χ1n) is 8.51. The molecule has 0 saturated carbocycles. The third-order valence-electron chi connectivity index (χ3n) is 4.46. The second-order valence-corrected chi connectivity index (χ2v) is 7.25. The predicted molar refractivity (Wildman–Crippen MR) is 98.8 cm³/mol. The van der Waals surface area contributed by atoms with Crippen LogP contribution in [-0.4, -0.2) is 42.1 Å². The Balaban J connectivity index is 1.63. The van der Waals surface area contributed by atoms with Crippen LogP contribution >= 0.6 is 11.3 Å². The average Bonchev–Trinajstić information content (AvgIpc) is 3.07. The molecular weight excluding hydrogens is 412 g/mol. The Labute approximate surface area is 166 Å². The Kier molecular flexibility index (Phi) is 4.77. The fourth-order valence-electron chi connectivity index (χ4n) is 2.98. The number of hydrogen-bond donors (Lipinski definition) is 1. The largest absolute Gasteiger partial charge is 0.468 e. The Hall–Kier alpha value is -2.95. The average molecular weight is 426 g/mol. The van der Waals surface area contributed by atoms with E-state index in [0.717, 1.165) is 17.4 Å². The van der Waals surface area contributed by atoms with Gasteiger partial charge in [-0.05, 0) is 18.2 Å². The van der Waals surface area contributed by atoms with Gasteiger partial charge in [-0.25, -0.2) is 14.4 Å². The monoisotopic (exact) mass is 426 g/mol. The highest BCUT2D eigenvalue weighted by atomic mass is 32.1. The number of nitrogens with zero attached hydrogens (tertiary/aromatic N) is 3. The van der Waals surface area contributed by atoms with Gasteiger partial charge in [0.1, 0.15) is 11.9 Å². The molecule has 0 unspecified atom stereocenters. The van der Waals surface area contributed by atoms with E-state index in [0.29, 0.717) is 0 Å². The highest BCUT2D eigenvalue weighted by Gasteiger charge is 2.38. The van der Waals surface area contributed by atoms with Crippen molar-refractivity contribution in [3.8, 4) is 5.88 Å². The van der Waals surface area contributed by atoms with Gasteiger partial charge in [-0.1, -0.05) is 0 Å². The molecule has 0 bridgehead atoms. The molecule has 3 aromatic rings. The van der Waals surface area contributed by atoms with E-state index >= 15 is 0 Å². The number of carbonyl (C=O) groups excluding carboxylic acids is 1. The third kappa shape index (κ3) is 3.57. The second kappa shape index (κ2) is 7.14. The summed E-state index contributed by atoms with van der Waals surface area (Å²) in [7, 11) is 1.40. The van der Waals surface area contributed by atoms with Gasteiger partial charge < -0.3 is 15.0 Å². The fraction of sp³-hybridized carbons (Fsp3) is 0.278. The normalized spacial score (nSPS) is 14.7. The van der Waals surface area contributed by atoms with Crippen molar-refractivity contribution >= 4 is 33.3 Å². The number of pyridine rings is 2. The number of aromatic nitrogens is 2. The van der Waals surface area contributed by atoms with Crippen molar-refractivity contribution in [2.24, 2.45) is 0 Å². The topological polar surface area (TPSA) is 67.4 Å². The zero-order valence-corrected chi connectivity index (χ0v) is 15.8. The lowest BCUT2D eigenvalue weighted by Gasteiger charge is -2.39. The molecule has 3 aromatic heterocycles. The lowest BCUT2D eigenvalue weighted by Crippen LogP contribution is -2.54. The van der Waals surface area contributed by atoms with Crippen molar-refractivity contribution in [3.63, 3.8) is 0 Å². The first kappa shape index (κ1) is 19.4. The number of nitrogens with one attached hydrogen (secondary N) is 1. The van der Waals surface area contributed by atoms with Gasteiger partial charge in [-0.2, -0.15) is 13.2 Å². The van der Waals surface area contributed by atoms with Crippen molar-refractivity contribution < 1.29 is 27.1 Å². The van der Waals surface area contributed by atoms with Crippen molar-refractivity contribution in [2.45, 2.75) is 12.3 Å². The first-order chi connectivity index (χ1) is 13.8. The molecule has 29 heavy (non-hydrogen) atoms. The highest BCUT2D eigenvalue weighted by molar-refractivity contribution is 7.17. The zero-order valence-electron chi connectivity index (χ0n) is 15.0. The number of halogens is 4. The van der Waals surface area contributed by atoms with Crippen LogP contribution in [0.4, 0.5) is 23.4 Å². The molecule has 1 fully saturated rings. The summed E-state index contributed by atoms with van der Waals surface area (Å²) in [5.74, 6) is -1.20. The Morgan fingerprint density at radius 3 is 2.79 bits per heavy atom. The third-order valence-corrected chi connectivity index (χ3v) is 5.46. The molecule has 0 atom stereocenters. The van der Waals surface area contributed by atoms with Crippen molar-refractivity contribution in [3.05, 3.63) is 46.7 Å². The molecule has 152 valence electrons. The predicted octanol–water partition coefficient (Wildman–Crippen LogP) is 3.48. The number of fused-ring (bicyclic) bond motifs is 1. The van der Waals surface area contributed by atoms with Gasteiger partial charge in [0.05, 0.1) is 34.4 Å². The minimum Gasteiger partial charge on any atom is -0.468 e. The van der Waals surface area contributed by atoms with E-state index in [-0.39, 0.29) is 40.6 Å². The quantitative estimate of drug-likeness (QED) is 0.647. The number of hydrogen-bond acceptors (Lipinski definition) is 6. The van der Waals surface area contributed by atoms with Crippen LogP contribution in [0.5, 0.6) is 5.88 Å². The number of rotatable bonds is 4. The van der Waals surface area contributed by atoms with Crippen LogP contribution in [-0.2, 0) is 6.18 Å². The van der Waals surface area contributed by atoms with E-state index < -0.39 is 29.6 Å². The first-order valence-corrected chi connectivity index (χ1v) is 9.39. The van der Waals surface area contributed by atoms with Gasteiger partial charge >= 0.3 is 6.18 Å². The van der Waals surface area contributed by atoms with Crippen LogP contribution in [0, 0.1) is 5.82 Å². The van der Waals surface area contributed by atoms with Crippen LogP contribution in [0.15, 0.2) is 29.8 Å². The summed E-state index contributed by atoms with van der Waals surface area (Å²) in [4.78, 5) is 21.7. The van der Waals surface area contributed by atoms with Gasteiger partial charge in [0.2, 0.25) is 0 Å². The van der Waals surface area contributed by atoms with Crippen molar-refractivity contribution in [2.75, 3.05) is 25.0 Å². The Morgan fingerprint density at radius 1 is 1.38 bits per heavy atom. The molecule has 0 radical (unpaired) electrons. The number of anilines is 1. The van der Waals surface area contributed by atoms with Crippen molar-refractivity contribution in [1.29, 1.82) is 0 Å². The van der Waals surface area contributed by atoms with E-state index in [2.05, 4.69) is 15.3 Å². The summed E-state index contributed by atoms with van der Waals surface area (Å²) < 4.78 is 59.7. The Bertz CT molecular complexity index is 1080. The lowest BCUT2D eigenvalue weighted by atomic mass is 10.1. The molecule has 4 heterocycles. The van der Waals surface area contributed by atoms with Crippen LogP contribution in [0.2, 0.25) is 0 Å². The molecule has 1 N–H and O–H groups in total. The summed E-state index contributed by atoms with van der Waals surface area (Å²) in [6.45, 7) is 0.427. The summed E-state index contributed by atoms with van der Waals surface area (Å²) in [5.41, 5.74) is -0.763. The molecule has 1 saturated heterocycles. The standard InChI is InChI=1S/C18H14F4N4O2S/c1-23-16(27)10-8-29-15-11(18(20,21)22)5-13(25-14(10)15)26-6-9(7-26)28-17-12(19)3-2-4-24-17/h2-5,8-9H,6-7H2,1H3,(H,23,27). The van der Waals surface area contributed by atoms with Crippen LogP contribution in [0.25, 0.3) is 10.2 Å². The van der Waals surface area contributed by atoms with Crippen LogP contribution in [0.1, 0.15) is 15.9 Å². The maximum Gasteiger partial charge on any atom is 0.417 e. The van der Waals surface area contributed by atoms with Gasteiger partial charge in [-0.3, -0.25) is 4.79 Å². The van der Waals surface area contributed by atoms with Gasteiger partial charge in [0, 0.05) is 18.6 Å². The SMILES string of the molecule is CNC(=O)c1csc2c(C(F)(F)F)cc(N3CC(Oc4ncccc4F)C3)nc12. The van der Waals surface area contributed by atoms with Gasteiger partial charge in [0.25, 0.3) is 11.8 Å². The zero-order chi connectivity index (χ0) is 20.8. The molecule has 4 rings (SSSR count). The second-order valence-electron chi connectivity index (χ2n) is 6.37. The molecule has 1 aliphatic heterocycles. The molecule has 11 heteroatoms. The number of alkyl halides is 3. The van der Waals surface area contributed by atoms with Crippen molar-refractivity contribution in [1.82, 2.24) is 15.3 Å². The molecule has 0 aliphatic carbocycles.